The Morgan fingerprint density at radius 3 is 2.41 bits per heavy atom. The first kappa shape index (κ1) is 14.1. The number of halogens is 2. The molecule has 92 valence electrons. The predicted molar refractivity (Wildman–Crippen MR) is 76.6 cm³/mol. The maximum atomic E-state index is 5.90. The maximum Gasteiger partial charge on any atom is 0.104 e. The van der Waals surface area contributed by atoms with Crippen LogP contribution in [0.15, 0.2) is 29.4 Å². The zero-order valence-electron chi connectivity index (χ0n) is 10.2. The lowest BCUT2D eigenvalue weighted by Crippen LogP contribution is -2.28. The first-order valence-electron chi connectivity index (χ1n) is 5.26. The molecule has 1 aromatic carbocycles. The second-order valence-corrected chi connectivity index (χ2v) is 5.57. The van der Waals surface area contributed by atoms with E-state index in [1.807, 2.05) is 32.9 Å². The van der Waals surface area contributed by atoms with Crippen LogP contribution < -0.4 is 5.73 Å². The largest absolute Gasteiger partial charge is 0.387 e. The lowest BCUT2D eigenvalue weighted by molar-refractivity contribution is 0.585. The summed E-state index contributed by atoms with van der Waals surface area (Å²) >= 11 is 11.7. The van der Waals surface area contributed by atoms with Crippen molar-refractivity contribution >= 4 is 35.1 Å². The van der Waals surface area contributed by atoms with Gasteiger partial charge < -0.3 is 5.73 Å². The number of aliphatic imine (C=N–C) groups is 1. The average molecular weight is 271 g/mol. The summed E-state index contributed by atoms with van der Waals surface area (Å²) in [4.78, 5) is 4.18. The van der Waals surface area contributed by atoms with Gasteiger partial charge >= 0.3 is 0 Å². The van der Waals surface area contributed by atoms with E-state index in [1.54, 1.807) is 18.3 Å². The van der Waals surface area contributed by atoms with Crippen LogP contribution in [0.1, 0.15) is 26.3 Å². The molecule has 0 fully saturated rings. The minimum atomic E-state index is -0.123. The lowest BCUT2D eigenvalue weighted by atomic mass is 9.95. The van der Waals surface area contributed by atoms with Gasteiger partial charge in [0.15, 0.2) is 0 Å². The molecule has 0 saturated heterocycles. The fraction of sp³-hybridized carbons (Fsp3) is 0.308. The van der Waals surface area contributed by atoms with Crippen LogP contribution in [0.2, 0.25) is 10.0 Å². The quantitative estimate of drug-likeness (QED) is 0.629. The summed E-state index contributed by atoms with van der Waals surface area (Å²) in [6, 6.07) is 5.40. The van der Waals surface area contributed by atoms with E-state index in [0.29, 0.717) is 15.9 Å². The van der Waals surface area contributed by atoms with Crippen molar-refractivity contribution in [1.82, 2.24) is 0 Å². The number of hydrogen-bond donors (Lipinski definition) is 1. The van der Waals surface area contributed by atoms with Gasteiger partial charge in [-0.15, -0.1) is 0 Å². The first-order chi connectivity index (χ1) is 7.80. The highest BCUT2D eigenvalue weighted by molar-refractivity contribution is 6.42. The molecule has 1 aromatic rings. The van der Waals surface area contributed by atoms with Crippen molar-refractivity contribution < 1.29 is 0 Å². The Bertz CT molecular complexity index is 457. The SMILES string of the molecule is CC(C)(C)C(N)=N/C=C/c1ccc(Cl)c(Cl)c1. The number of rotatable bonds is 2. The molecule has 17 heavy (non-hydrogen) atoms. The molecular weight excluding hydrogens is 255 g/mol. The van der Waals surface area contributed by atoms with Gasteiger partial charge in [0.2, 0.25) is 0 Å². The Kier molecular flexibility index (Phi) is 4.61. The normalized spacial score (nSPS) is 13.4. The second-order valence-electron chi connectivity index (χ2n) is 4.75. The molecule has 0 aliphatic rings. The van der Waals surface area contributed by atoms with Crippen LogP contribution in [-0.4, -0.2) is 5.84 Å². The molecule has 0 aliphatic heterocycles. The van der Waals surface area contributed by atoms with Gasteiger partial charge in [0.1, 0.15) is 5.84 Å². The highest BCUT2D eigenvalue weighted by Crippen LogP contribution is 2.23. The van der Waals surface area contributed by atoms with E-state index in [-0.39, 0.29) is 5.41 Å². The topological polar surface area (TPSA) is 38.4 Å². The fourth-order valence-corrected chi connectivity index (χ4v) is 1.32. The molecule has 0 spiro atoms. The van der Waals surface area contributed by atoms with Crippen LogP contribution in [0.5, 0.6) is 0 Å². The van der Waals surface area contributed by atoms with Gasteiger partial charge in [0.05, 0.1) is 10.0 Å². The Labute approximate surface area is 112 Å². The van der Waals surface area contributed by atoms with Crippen LogP contribution in [0.4, 0.5) is 0 Å². The van der Waals surface area contributed by atoms with Crippen LogP contribution in [0, 0.1) is 5.41 Å². The van der Waals surface area contributed by atoms with Crippen molar-refractivity contribution in [3.63, 3.8) is 0 Å². The molecule has 0 heterocycles. The minimum Gasteiger partial charge on any atom is -0.387 e. The summed E-state index contributed by atoms with van der Waals surface area (Å²) in [6.45, 7) is 6.04. The summed E-state index contributed by atoms with van der Waals surface area (Å²) in [7, 11) is 0. The highest BCUT2D eigenvalue weighted by atomic mass is 35.5. The molecule has 2 nitrogen and oxygen atoms in total. The average Bonchev–Trinajstić information content (AvgIpc) is 2.22. The Morgan fingerprint density at radius 2 is 1.88 bits per heavy atom. The standard InChI is InChI=1S/C13H16Cl2N2/c1-13(2,3)12(16)17-7-6-9-4-5-10(14)11(15)8-9/h4-8H,1-3H3,(H2,16,17)/b7-6+. The smallest absolute Gasteiger partial charge is 0.104 e. The molecule has 0 atom stereocenters. The van der Waals surface area contributed by atoms with E-state index in [9.17, 15) is 0 Å². The van der Waals surface area contributed by atoms with Gasteiger partial charge in [-0.2, -0.15) is 0 Å². The molecule has 1 rings (SSSR count). The monoisotopic (exact) mass is 270 g/mol. The van der Waals surface area contributed by atoms with E-state index >= 15 is 0 Å². The lowest BCUT2D eigenvalue weighted by Gasteiger charge is -2.16. The highest BCUT2D eigenvalue weighted by Gasteiger charge is 2.14. The number of nitrogens with zero attached hydrogens (tertiary/aromatic N) is 1. The molecule has 0 aliphatic carbocycles. The first-order valence-corrected chi connectivity index (χ1v) is 6.01. The molecule has 0 amide bonds. The van der Waals surface area contributed by atoms with Crippen molar-refractivity contribution in [3.8, 4) is 0 Å². The molecule has 0 bridgehead atoms. The van der Waals surface area contributed by atoms with Crippen molar-refractivity contribution in [2.45, 2.75) is 20.8 Å². The van der Waals surface area contributed by atoms with Gasteiger partial charge in [-0.05, 0) is 23.8 Å². The third kappa shape index (κ3) is 4.41. The third-order valence-electron chi connectivity index (χ3n) is 2.19. The van der Waals surface area contributed by atoms with Crippen molar-refractivity contribution in [1.29, 1.82) is 0 Å². The summed E-state index contributed by atoms with van der Waals surface area (Å²) in [5, 5.41) is 1.07. The van der Waals surface area contributed by atoms with E-state index in [2.05, 4.69) is 4.99 Å². The Morgan fingerprint density at radius 1 is 1.24 bits per heavy atom. The molecule has 0 saturated carbocycles. The predicted octanol–water partition coefficient (Wildman–Crippen LogP) is 4.37. The maximum absolute atomic E-state index is 5.90. The van der Waals surface area contributed by atoms with Crippen molar-refractivity contribution in [2.24, 2.45) is 16.1 Å². The van der Waals surface area contributed by atoms with Crippen molar-refractivity contribution in [2.75, 3.05) is 0 Å². The number of nitrogens with two attached hydrogens (primary N) is 1. The fourth-order valence-electron chi connectivity index (χ4n) is 1.01. The third-order valence-corrected chi connectivity index (χ3v) is 2.93. The van der Waals surface area contributed by atoms with Gasteiger partial charge in [0.25, 0.3) is 0 Å². The van der Waals surface area contributed by atoms with Gasteiger partial charge in [0, 0.05) is 11.6 Å². The van der Waals surface area contributed by atoms with Gasteiger partial charge in [-0.3, -0.25) is 0 Å². The Balaban J connectivity index is 2.82. The Hall–Kier alpha value is -0.990. The summed E-state index contributed by atoms with van der Waals surface area (Å²) in [6.07, 6.45) is 3.50. The van der Waals surface area contributed by atoms with Crippen LogP contribution in [0.3, 0.4) is 0 Å². The number of benzene rings is 1. The minimum absolute atomic E-state index is 0.123. The molecule has 2 N–H and O–H groups in total. The van der Waals surface area contributed by atoms with E-state index in [1.165, 1.54) is 0 Å². The zero-order chi connectivity index (χ0) is 13.1. The van der Waals surface area contributed by atoms with E-state index in [4.69, 9.17) is 28.9 Å². The molecule has 4 heteroatoms. The van der Waals surface area contributed by atoms with Gasteiger partial charge in [-0.25, -0.2) is 4.99 Å². The van der Waals surface area contributed by atoms with Crippen molar-refractivity contribution in [3.05, 3.63) is 40.0 Å². The number of amidine groups is 1. The molecule has 0 radical (unpaired) electrons. The molecule has 0 unspecified atom stereocenters. The van der Waals surface area contributed by atoms with E-state index < -0.39 is 0 Å². The van der Waals surface area contributed by atoms with Gasteiger partial charge in [-0.1, -0.05) is 50.0 Å². The van der Waals surface area contributed by atoms with Crippen LogP contribution in [-0.2, 0) is 0 Å². The second kappa shape index (κ2) is 5.56. The summed E-state index contributed by atoms with van der Waals surface area (Å²) in [5.41, 5.74) is 6.63. The number of hydrogen-bond acceptors (Lipinski definition) is 1. The van der Waals surface area contributed by atoms with Crippen LogP contribution >= 0.6 is 23.2 Å². The summed E-state index contributed by atoms with van der Waals surface area (Å²) < 4.78 is 0. The summed E-state index contributed by atoms with van der Waals surface area (Å²) in [5.74, 6) is 0.591. The zero-order valence-corrected chi connectivity index (χ0v) is 11.7. The van der Waals surface area contributed by atoms with Crippen LogP contribution in [0.25, 0.3) is 6.08 Å². The van der Waals surface area contributed by atoms with E-state index in [0.717, 1.165) is 5.56 Å². The molecule has 0 aromatic heterocycles. The molecular formula is C13H16Cl2N2.